The summed E-state index contributed by atoms with van der Waals surface area (Å²) >= 11 is 0. The molecule has 2 N–H and O–H groups in total. The summed E-state index contributed by atoms with van der Waals surface area (Å²) in [4.78, 5) is 23.4. The highest BCUT2D eigenvalue weighted by atomic mass is 16.2. The monoisotopic (exact) mass is 295 g/mol. The van der Waals surface area contributed by atoms with Crippen LogP contribution < -0.4 is 21.5 Å². The largest absolute Gasteiger partial charge is 0.377 e. The van der Waals surface area contributed by atoms with E-state index in [0.29, 0.717) is 29.5 Å². The van der Waals surface area contributed by atoms with Gasteiger partial charge in [-0.05, 0) is 30.5 Å². The van der Waals surface area contributed by atoms with Gasteiger partial charge in [0.05, 0.1) is 11.6 Å². The fourth-order valence-electron chi connectivity index (χ4n) is 2.86. The molecule has 5 heteroatoms. The number of hydrogen-bond acceptors (Lipinski definition) is 5. The van der Waals surface area contributed by atoms with E-state index in [1.807, 2.05) is 12.1 Å². The Balaban J connectivity index is 1.67. The molecule has 0 radical (unpaired) electrons. The van der Waals surface area contributed by atoms with Crippen LogP contribution in [-0.4, -0.2) is 6.04 Å². The molecule has 0 amide bonds. The molecular weight excluding hydrogens is 278 g/mol. The molecule has 3 rings (SSSR count). The van der Waals surface area contributed by atoms with E-state index in [-0.39, 0.29) is 0 Å². The van der Waals surface area contributed by atoms with E-state index in [0.717, 1.165) is 18.4 Å². The zero-order valence-corrected chi connectivity index (χ0v) is 12.2. The minimum absolute atomic E-state index is 0.304. The SMILES string of the molecule is N#Cc1ccc(CNc2c(NC3CCCC3)c(=O)c2=O)cc1. The first kappa shape index (κ1) is 14.3. The van der Waals surface area contributed by atoms with Gasteiger partial charge >= 0.3 is 0 Å². The van der Waals surface area contributed by atoms with Crippen molar-refractivity contribution in [2.75, 3.05) is 10.6 Å². The van der Waals surface area contributed by atoms with Gasteiger partial charge < -0.3 is 10.6 Å². The highest BCUT2D eigenvalue weighted by Gasteiger charge is 2.24. The Morgan fingerprint density at radius 2 is 1.68 bits per heavy atom. The fourth-order valence-corrected chi connectivity index (χ4v) is 2.86. The third kappa shape index (κ3) is 2.73. The lowest BCUT2D eigenvalue weighted by atomic mass is 10.1. The number of hydrogen-bond donors (Lipinski definition) is 2. The van der Waals surface area contributed by atoms with Crippen molar-refractivity contribution < 1.29 is 0 Å². The van der Waals surface area contributed by atoms with Gasteiger partial charge in [0.15, 0.2) is 0 Å². The van der Waals surface area contributed by atoms with Gasteiger partial charge in [-0.1, -0.05) is 25.0 Å². The van der Waals surface area contributed by atoms with Crippen molar-refractivity contribution in [1.29, 1.82) is 5.26 Å². The third-order valence-electron chi connectivity index (χ3n) is 4.17. The molecule has 0 aliphatic heterocycles. The van der Waals surface area contributed by atoms with Gasteiger partial charge in [0, 0.05) is 12.6 Å². The van der Waals surface area contributed by atoms with Gasteiger partial charge in [0.2, 0.25) is 0 Å². The second-order valence-corrected chi connectivity index (χ2v) is 5.70. The van der Waals surface area contributed by atoms with Crippen LogP contribution in [0.4, 0.5) is 11.4 Å². The molecule has 0 atom stereocenters. The molecule has 5 nitrogen and oxygen atoms in total. The van der Waals surface area contributed by atoms with Crippen LogP contribution in [0, 0.1) is 11.3 Å². The Labute approximate surface area is 128 Å². The molecule has 2 aromatic rings. The highest BCUT2D eigenvalue weighted by molar-refractivity contribution is 5.74. The zero-order valence-electron chi connectivity index (χ0n) is 12.2. The maximum absolute atomic E-state index is 11.7. The quantitative estimate of drug-likeness (QED) is 0.826. The normalized spacial score (nSPS) is 14.9. The van der Waals surface area contributed by atoms with Gasteiger partial charge in [-0.25, -0.2) is 0 Å². The molecule has 0 saturated heterocycles. The van der Waals surface area contributed by atoms with Crippen LogP contribution in [0.1, 0.15) is 36.8 Å². The minimum atomic E-state index is -0.450. The van der Waals surface area contributed by atoms with Crippen LogP contribution in [0.25, 0.3) is 0 Å². The predicted octanol–water partition coefficient (Wildman–Crippen LogP) is 2.12. The van der Waals surface area contributed by atoms with Crippen molar-refractivity contribution in [2.45, 2.75) is 38.3 Å². The smallest absolute Gasteiger partial charge is 0.253 e. The summed E-state index contributed by atoms with van der Waals surface area (Å²) in [6.45, 7) is 0.454. The summed E-state index contributed by atoms with van der Waals surface area (Å²) in [5.74, 6) is 0. The number of nitriles is 1. The van der Waals surface area contributed by atoms with Crippen molar-refractivity contribution in [3.8, 4) is 6.07 Å². The molecule has 0 heterocycles. The van der Waals surface area contributed by atoms with Gasteiger partial charge in [-0.3, -0.25) is 9.59 Å². The average Bonchev–Trinajstić information content (AvgIpc) is 3.07. The lowest BCUT2D eigenvalue weighted by Crippen LogP contribution is -2.39. The lowest BCUT2D eigenvalue weighted by molar-refractivity contribution is 0.753. The maximum Gasteiger partial charge on any atom is 0.253 e. The molecular formula is C17H17N3O2. The Hall–Kier alpha value is -2.61. The zero-order chi connectivity index (χ0) is 15.5. The molecule has 0 aromatic heterocycles. The van der Waals surface area contributed by atoms with Gasteiger partial charge in [-0.2, -0.15) is 5.26 Å². The van der Waals surface area contributed by atoms with Crippen LogP contribution in [-0.2, 0) is 6.54 Å². The second kappa shape index (κ2) is 6.02. The Bertz CT molecular complexity index is 774. The molecule has 2 aromatic carbocycles. The fraction of sp³-hybridized carbons (Fsp3) is 0.353. The minimum Gasteiger partial charge on any atom is -0.377 e. The van der Waals surface area contributed by atoms with E-state index in [1.54, 1.807) is 12.1 Å². The van der Waals surface area contributed by atoms with E-state index in [9.17, 15) is 9.59 Å². The lowest BCUT2D eigenvalue weighted by Gasteiger charge is -2.18. The molecule has 0 unspecified atom stereocenters. The van der Waals surface area contributed by atoms with Crippen LogP contribution >= 0.6 is 0 Å². The van der Waals surface area contributed by atoms with Crippen molar-refractivity contribution in [2.24, 2.45) is 0 Å². The van der Waals surface area contributed by atoms with E-state index in [1.165, 1.54) is 12.8 Å². The topological polar surface area (TPSA) is 82.0 Å². The summed E-state index contributed by atoms with van der Waals surface area (Å²) in [5.41, 5.74) is 1.51. The Morgan fingerprint density at radius 1 is 1.05 bits per heavy atom. The standard InChI is InChI=1S/C17H17N3O2/c18-9-11-5-7-12(8-6-11)10-19-14-15(17(22)16(14)21)20-13-3-1-2-4-13/h5-8,13,19-20H,1-4,10H2. The molecule has 1 aliphatic rings. The number of benzene rings is 1. The summed E-state index contributed by atoms with van der Waals surface area (Å²) in [7, 11) is 0. The molecule has 1 fully saturated rings. The first-order valence-electron chi connectivity index (χ1n) is 7.52. The molecule has 0 spiro atoms. The third-order valence-corrected chi connectivity index (χ3v) is 4.17. The van der Waals surface area contributed by atoms with Gasteiger partial charge in [-0.15, -0.1) is 0 Å². The van der Waals surface area contributed by atoms with Crippen LogP contribution in [0.15, 0.2) is 33.9 Å². The van der Waals surface area contributed by atoms with E-state index in [2.05, 4.69) is 16.7 Å². The van der Waals surface area contributed by atoms with Crippen molar-refractivity contribution >= 4 is 11.4 Å². The predicted molar refractivity (Wildman–Crippen MR) is 85.7 cm³/mol. The molecule has 112 valence electrons. The Kier molecular flexibility index (Phi) is 3.92. The summed E-state index contributed by atoms with van der Waals surface area (Å²) in [6, 6.07) is 9.50. The number of rotatable bonds is 5. The van der Waals surface area contributed by atoms with Crippen LogP contribution in [0.2, 0.25) is 0 Å². The van der Waals surface area contributed by atoms with Gasteiger partial charge in [0.25, 0.3) is 10.9 Å². The number of anilines is 2. The van der Waals surface area contributed by atoms with Crippen LogP contribution in [0.3, 0.4) is 0 Å². The van der Waals surface area contributed by atoms with E-state index >= 15 is 0 Å². The molecule has 22 heavy (non-hydrogen) atoms. The van der Waals surface area contributed by atoms with E-state index in [4.69, 9.17) is 5.26 Å². The first-order chi connectivity index (χ1) is 10.7. The average molecular weight is 295 g/mol. The van der Waals surface area contributed by atoms with Crippen molar-refractivity contribution in [3.63, 3.8) is 0 Å². The summed E-state index contributed by atoms with van der Waals surface area (Å²) < 4.78 is 0. The summed E-state index contributed by atoms with van der Waals surface area (Å²) in [5, 5.41) is 15.0. The van der Waals surface area contributed by atoms with Crippen LogP contribution in [0.5, 0.6) is 0 Å². The molecule has 1 aliphatic carbocycles. The van der Waals surface area contributed by atoms with Crippen molar-refractivity contribution in [3.05, 3.63) is 55.8 Å². The van der Waals surface area contributed by atoms with Gasteiger partial charge in [0.1, 0.15) is 11.4 Å². The first-order valence-corrected chi connectivity index (χ1v) is 7.52. The number of nitrogens with one attached hydrogen (secondary N) is 2. The molecule has 1 saturated carbocycles. The number of nitrogens with zero attached hydrogens (tertiary/aromatic N) is 1. The highest BCUT2D eigenvalue weighted by Crippen LogP contribution is 2.24. The Morgan fingerprint density at radius 3 is 2.32 bits per heavy atom. The summed E-state index contributed by atoms with van der Waals surface area (Å²) in [6.07, 6.45) is 4.43. The van der Waals surface area contributed by atoms with E-state index < -0.39 is 10.9 Å². The maximum atomic E-state index is 11.7. The molecule has 0 bridgehead atoms. The van der Waals surface area contributed by atoms with Crippen molar-refractivity contribution in [1.82, 2.24) is 0 Å². The second-order valence-electron chi connectivity index (χ2n) is 5.70.